The molecule has 5 heteroatoms. The van der Waals surface area contributed by atoms with Gasteiger partial charge in [0.05, 0.1) is 0 Å². The summed E-state index contributed by atoms with van der Waals surface area (Å²) in [6.07, 6.45) is 0. The van der Waals surface area contributed by atoms with E-state index < -0.39 is 0 Å². The van der Waals surface area contributed by atoms with Gasteiger partial charge in [0.15, 0.2) is 0 Å². The van der Waals surface area contributed by atoms with Gasteiger partial charge in [-0.05, 0) is 17.7 Å². The van der Waals surface area contributed by atoms with Crippen LogP contribution in [0.25, 0.3) is 0 Å². The highest BCUT2D eigenvalue weighted by Crippen LogP contribution is 2.16. The highest BCUT2D eigenvalue weighted by molar-refractivity contribution is 8.22. The van der Waals surface area contributed by atoms with Crippen molar-refractivity contribution in [1.29, 1.82) is 0 Å². The van der Waals surface area contributed by atoms with Crippen LogP contribution in [-0.2, 0) is 5.75 Å². The smallest absolute Gasteiger partial charge is 0.150 e. The maximum atomic E-state index is 5.76. The molecular weight excluding hydrogens is 236 g/mol. The zero-order chi connectivity index (χ0) is 10.6. The predicted octanol–water partition coefficient (Wildman–Crippen LogP) is 2.66. The third-order valence-electron chi connectivity index (χ3n) is 1.56. The molecule has 0 radical (unpaired) electrons. The summed E-state index contributed by atoms with van der Waals surface area (Å²) in [5.41, 5.74) is 1.18. The van der Waals surface area contributed by atoms with E-state index in [1.54, 1.807) is 7.05 Å². The lowest BCUT2D eigenvalue weighted by Gasteiger charge is -2.11. The Bertz CT molecular complexity index is 311. The van der Waals surface area contributed by atoms with Crippen molar-refractivity contribution in [3.05, 3.63) is 34.9 Å². The van der Waals surface area contributed by atoms with E-state index in [2.05, 4.69) is 0 Å². The Balaban J connectivity index is 2.46. The van der Waals surface area contributed by atoms with Crippen LogP contribution in [0.5, 0.6) is 0 Å². The van der Waals surface area contributed by atoms with E-state index in [0.29, 0.717) is 4.32 Å². The minimum absolute atomic E-state index is 0.681. The number of hydrogen-bond donors (Lipinski definition) is 1. The number of rotatable bonds is 2. The Kier molecular flexibility index (Phi) is 4.68. The second-order valence-corrected chi connectivity index (χ2v) is 4.84. The number of thiocarbonyl (C=S) groups is 1. The Labute approximate surface area is 98.4 Å². The van der Waals surface area contributed by atoms with Crippen molar-refractivity contribution >= 4 is 39.9 Å². The second-order valence-electron chi connectivity index (χ2n) is 2.79. The summed E-state index contributed by atoms with van der Waals surface area (Å²) in [7, 11) is 1.73. The Morgan fingerprint density at radius 3 is 2.57 bits per heavy atom. The predicted molar refractivity (Wildman–Crippen MR) is 67.3 cm³/mol. The molecule has 76 valence electrons. The van der Waals surface area contributed by atoms with Gasteiger partial charge >= 0.3 is 0 Å². The first-order chi connectivity index (χ1) is 6.59. The highest BCUT2D eigenvalue weighted by atomic mass is 35.5. The van der Waals surface area contributed by atoms with Gasteiger partial charge in [-0.25, -0.2) is 5.84 Å². The number of halogens is 1. The lowest BCUT2D eigenvalue weighted by atomic mass is 10.2. The van der Waals surface area contributed by atoms with Crippen LogP contribution in [0.15, 0.2) is 24.3 Å². The Morgan fingerprint density at radius 2 is 2.07 bits per heavy atom. The van der Waals surface area contributed by atoms with E-state index in [1.807, 2.05) is 24.3 Å². The quantitative estimate of drug-likeness (QED) is 0.494. The number of nitrogens with zero attached hydrogens (tertiary/aromatic N) is 1. The number of benzene rings is 1. The van der Waals surface area contributed by atoms with Gasteiger partial charge in [-0.3, -0.25) is 5.01 Å². The van der Waals surface area contributed by atoms with Gasteiger partial charge in [0.25, 0.3) is 0 Å². The summed E-state index contributed by atoms with van der Waals surface area (Å²) in [5.74, 6) is 6.29. The fourth-order valence-electron chi connectivity index (χ4n) is 0.828. The molecule has 0 fully saturated rings. The normalized spacial score (nSPS) is 9.93. The van der Waals surface area contributed by atoms with Crippen molar-refractivity contribution in [2.24, 2.45) is 5.84 Å². The minimum atomic E-state index is 0.681. The van der Waals surface area contributed by atoms with Crippen LogP contribution in [-0.4, -0.2) is 16.4 Å². The molecule has 14 heavy (non-hydrogen) atoms. The highest BCUT2D eigenvalue weighted by Gasteiger charge is 2.01. The summed E-state index contributed by atoms with van der Waals surface area (Å²) in [6, 6.07) is 7.70. The summed E-state index contributed by atoms with van der Waals surface area (Å²) in [5, 5.41) is 2.19. The molecule has 0 amide bonds. The van der Waals surface area contributed by atoms with Crippen molar-refractivity contribution in [1.82, 2.24) is 5.01 Å². The third-order valence-corrected chi connectivity index (χ3v) is 3.47. The third kappa shape index (κ3) is 3.84. The van der Waals surface area contributed by atoms with Gasteiger partial charge in [-0.2, -0.15) is 0 Å². The molecule has 0 aromatic heterocycles. The monoisotopic (exact) mass is 246 g/mol. The second kappa shape index (κ2) is 5.56. The zero-order valence-electron chi connectivity index (χ0n) is 7.74. The number of hydrogen-bond acceptors (Lipinski definition) is 3. The first kappa shape index (κ1) is 11.8. The first-order valence-corrected chi connectivity index (χ1v) is 5.76. The number of nitrogens with two attached hydrogens (primary N) is 1. The fraction of sp³-hybridized carbons (Fsp3) is 0.222. The van der Waals surface area contributed by atoms with Gasteiger partial charge in [0, 0.05) is 17.8 Å². The standard InChI is InChI=1S/C9H11ClN2S2/c1-12(11)9(13)14-6-7-2-4-8(10)5-3-7/h2-5H,6,11H2,1H3. The SMILES string of the molecule is CN(N)C(=S)SCc1ccc(Cl)cc1. The first-order valence-electron chi connectivity index (χ1n) is 3.99. The summed E-state index contributed by atoms with van der Waals surface area (Å²) in [6.45, 7) is 0. The number of hydrazine groups is 1. The van der Waals surface area contributed by atoms with Crippen LogP contribution in [0.3, 0.4) is 0 Å². The van der Waals surface area contributed by atoms with Gasteiger partial charge in [0.2, 0.25) is 0 Å². The topological polar surface area (TPSA) is 29.3 Å². The molecule has 0 aliphatic rings. The van der Waals surface area contributed by atoms with Crippen molar-refractivity contribution in [2.75, 3.05) is 7.05 Å². The lowest BCUT2D eigenvalue weighted by molar-refractivity contribution is 0.560. The molecule has 0 spiro atoms. The lowest BCUT2D eigenvalue weighted by Crippen LogP contribution is -2.29. The molecule has 0 unspecified atom stereocenters. The zero-order valence-corrected chi connectivity index (χ0v) is 10.1. The molecule has 2 N–H and O–H groups in total. The van der Waals surface area contributed by atoms with E-state index in [1.165, 1.54) is 22.3 Å². The summed E-state index contributed by atoms with van der Waals surface area (Å²) < 4.78 is 0.681. The van der Waals surface area contributed by atoms with E-state index in [0.717, 1.165) is 10.8 Å². The van der Waals surface area contributed by atoms with E-state index in [-0.39, 0.29) is 0 Å². The Hall–Kier alpha value is -0.290. The minimum Gasteiger partial charge on any atom is -0.299 e. The molecule has 0 saturated heterocycles. The fourth-order valence-corrected chi connectivity index (χ4v) is 1.82. The van der Waals surface area contributed by atoms with Crippen molar-refractivity contribution in [2.45, 2.75) is 5.75 Å². The van der Waals surface area contributed by atoms with Crippen LogP contribution < -0.4 is 5.84 Å². The van der Waals surface area contributed by atoms with Crippen LogP contribution in [0.1, 0.15) is 5.56 Å². The van der Waals surface area contributed by atoms with Gasteiger partial charge in [0.1, 0.15) is 4.32 Å². The molecule has 0 bridgehead atoms. The van der Waals surface area contributed by atoms with E-state index in [4.69, 9.17) is 29.7 Å². The molecule has 2 nitrogen and oxygen atoms in total. The Morgan fingerprint density at radius 1 is 1.50 bits per heavy atom. The molecule has 1 aromatic rings. The van der Waals surface area contributed by atoms with Crippen molar-refractivity contribution < 1.29 is 0 Å². The molecule has 0 heterocycles. The van der Waals surface area contributed by atoms with E-state index in [9.17, 15) is 0 Å². The van der Waals surface area contributed by atoms with Crippen LogP contribution in [0.4, 0.5) is 0 Å². The van der Waals surface area contributed by atoms with Crippen molar-refractivity contribution in [3.8, 4) is 0 Å². The summed E-state index contributed by atoms with van der Waals surface area (Å²) in [4.78, 5) is 0. The molecule has 0 atom stereocenters. The number of thioether (sulfide) groups is 1. The van der Waals surface area contributed by atoms with Gasteiger partial charge < -0.3 is 0 Å². The largest absolute Gasteiger partial charge is 0.299 e. The average Bonchev–Trinajstić information content (AvgIpc) is 2.16. The van der Waals surface area contributed by atoms with E-state index >= 15 is 0 Å². The van der Waals surface area contributed by atoms with Crippen LogP contribution in [0.2, 0.25) is 5.02 Å². The molecule has 0 aliphatic carbocycles. The molecular formula is C9H11ClN2S2. The van der Waals surface area contributed by atoms with Gasteiger partial charge in [-0.15, -0.1) is 0 Å². The molecule has 1 rings (SSSR count). The van der Waals surface area contributed by atoms with Crippen molar-refractivity contribution in [3.63, 3.8) is 0 Å². The average molecular weight is 247 g/mol. The van der Waals surface area contributed by atoms with Gasteiger partial charge in [-0.1, -0.05) is 47.7 Å². The maximum Gasteiger partial charge on any atom is 0.150 e. The molecule has 1 aromatic carbocycles. The maximum absolute atomic E-state index is 5.76. The van der Waals surface area contributed by atoms with Crippen LogP contribution in [0, 0.1) is 0 Å². The molecule has 0 aliphatic heterocycles. The van der Waals surface area contributed by atoms with Crippen LogP contribution >= 0.6 is 35.6 Å². The molecule has 0 saturated carbocycles. The summed E-state index contributed by atoms with van der Waals surface area (Å²) >= 11 is 12.3.